The Labute approximate surface area is 89.1 Å². The first-order chi connectivity index (χ1) is 6.87. The van der Waals surface area contributed by atoms with Gasteiger partial charge in [0.25, 0.3) is 0 Å². The van der Waals surface area contributed by atoms with Crippen molar-refractivity contribution in [1.82, 2.24) is 0 Å². The predicted octanol–water partition coefficient (Wildman–Crippen LogP) is 3.34. The van der Waals surface area contributed by atoms with E-state index in [1.165, 1.54) is 75.5 Å². The average molecular weight is 196 g/mol. The van der Waals surface area contributed by atoms with Crippen LogP contribution in [0.5, 0.6) is 0 Å². The van der Waals surface area contributed by atoms with Gasteiger partial charge in [-0.25, -0.2) is 0 Å². The Kier molecular flexibility index (Phi) is 3.48. The smallest absolute Gasteiger partial charge is 0.0890 e. The zero-order chi connectivity index (χ0) is 9.86. The minimum absolute atomic E-state index is 1.05. The van der Waals surface area contributed by atoms with Crippen LogP contribution in [0.25, 0.3) is 0 Å². The molecule has 1 heterocycles. The number of quaternary nitrogens is 1. The van der Waals surface area contributed by atoms with E-state index in [2.05, 4.69) is 6.92 Å². The van der Waals surface area contributed by atoms with E-state index in [0.717, 1.165) is 6.04 Å². The van der Waals surface area contributed by atoms with E-state index >= 15 is 0 Å². The number of likely N-dealkylation sites (tertiary alicyclic amines) is 1. The van der Waals surface area contributed by atoms with Gasteiger partial charge in [0.1, 0.15) is 0 Å². The van der Waals surface area contributed by atoms with Crippen LogP contribution in [0.1, 0.15) is 58.3 Å². The highest BCUT2D eigenvalue weighted by Gasteiger charge is 2.39. The van der Waals surface area contributed by atoms with Gasteiger partial charge < -0.3 is 4.48 Å². The van der Waals surface area contributed by atoms with E-state index in [9.17, 15) is 0 Å². The molecular formula is C13H26N+. The Hall–Kier alpha value is -0.0400. The highest BCUT2D eigenvalue weighted by Crippen LogP contribution is 2.33. The maximum atomic E-state index is 2.36. The molecule has 1 heteroatoms. The van der Waals surface area contributed by atoms with Crippen LogP contribution in [0.4, 0.5) is 0 Å². The van der Waals surface area contributed by atoms with Gasteiger partial charge in [-0.2, -0.15) is 0 Å². The van der Waals surface area contributed by atoms with Crippen LogP contribution in [0, 0.1) is 0 Å². The van der Waals surface area contributed by atoms with Crippen LogP contribution < -0.4 is 0 Å². The average Bonchev–Trinajstić information content (AvgIpc) is 2.70. The molecular weight excluding hydrogens is 170 g/mol. The molecule has 82 valence electrons. The van der Waals surface area contributed by atoms with E-state index in [4.69, 9.17) is 0 Å². The van der Waals surface area contributed by atoms with E-state index in [-0.39, 0.29) is 0 Å². The van der Waals surface area contributed by atoms with Crippen molar-refractivity contribution < 1.29 is 4.48 Å². The van der Waals surface area contributed by atoms with E-state index < -0.39 is 0 Å². The summed E-state index contributed by atoms with van der Waals surface area (Å²) in [5, 5.41) is 0. The van der Waals surface area contributed by atoms with Gasteiger partial charge in [0.15, 0.2) is 0 Å². The van der Waals surface area contributed by atoms with Crippen molar-refractivity contribution in [2.45, 2.75) is 64.3 Å². The first-order valence-electron chi connectivity index (χ1n) is 6.73. The standard InChI is InChI=1S/C13H26N/c1-2-10-14(11-6-7-12-14)13-8-4-3-5-9-13/h13H,2-12H2,1H3/q+1. The fourth-order valence-electron chi connectivity index (χ4n) is 3.81. The summed E-state index contributed by atoms with van der Waals surface area (Å²) in [5.41, 5.74) is 0. The van der Waals surface area contributed by atoms with Crippen molar-refractivity contribution in [1.29, 1.82) is 0 Å². The molecule has 0 amide bonds. The van der Waals surface area contributed by atoms with Crippen LogP contribution >= 0.6 is 0 Å². The lowest BCUT2D eigenvalue weighted by molar-refractivity contribution is -0.941. The Balaban J connectivity index is 2.00. The number of hydrogen-bond acceptors (Lipinski definition) is 0. The number of hydrogen-bond donors (Lipinski definition) is 0. The second kappa shape index (κ2) is 4.65. The van der Waals surface area contributed by atoms with Gasteiger partial charge in [0.05, 0.1) is 25.7 Å². The lowest BCUT2D eigenvalue weighted by Crippen LogP contribution is -2.54. The molecule has 0 radical (unpaired) electrons. The van der Waals surface area contributed by atoms with Crippen LogP contribution in [0.2, 0.25) is 0 Å². The van der Waals surface area contributed by atoms with Crippen LogP contribution in [0.3, 0.4) is 0 Å². The zero-order valence-electron chi connectivity index (χ0n) is 9.80. The molecule has 1 saturated carbocycles. The normalized spacial score (nSPS) is 28.1. The number of nitrogens with zero attached hydrogens (tertiary/aromatic N) is 1. The third-order valence-corrected chi connectivity index (χ3v) is 4.48. The van der Waals surface area contributed by atoms with Crippen molar-refractivity contribution in [2.24, 2.45) is 0 Å². The fourth-order valence-corrected chi connectivity index (χ4v) is 3.81. The SMILES string of the molecule is CCC[N+]1(C2CCCCC2)CCCC1. The van der Waals surface area contributed by atoms with Gasteiger partial charge in [-0.15, -0.1) is 0 Å². The molecule has 2 fully saturated rings. The first kappa shape index (κ1) is 10.5. The summed E-state index contributed by atoms with van der Waals surface area (Å²) in [4.78, 5) is 0. The van der Waals surface area contributed by atoms with Crippen LogP contribution in [-0.2, 0) is 0 Å². The second-order valence-corrected chi connectivity index (χ2v) is 5.39. The van der Waals surface area contributed by atoms with E-state index in [0.29, 0.717) is 0 Å². The molecule has 1 aliphatic heterocycles. The topological polar surface area (TPSA) is 0 Å². The van der Waals surface area contributed by atoms with Gasteiger partial charge in [-0.05, 0) is 32.1 Å². The van der Waals surface area contributed by atoms with E-state index in [1.807, 2.05) is 0 Å². The van der Waals surface area contributed by atoms with Crippen molar-refractivity contribution in [3.63, 3.8) is 0 Å². The van der Waals surface area contributed by atoms with E-state index in [1.54, 1.807) is 0 Å². The lowest BCUT2D eigenvalue weighted by atomic mass is 9.92. The third-order valence-electron chi connectivity index (χ3n) is 4.48. The summed E-state index contributed by atoms with van der Waals surface area (Å²) < 4.78 is 1.51. The van der Waals surface area contributed by atoms with Gasteiger partial charge in [0, 0.05) is 12.8 Å². The zero-order valence-corrected chi connectivity index (χ0v) is 9.80. The predicted molar refractivity (Wildman–Crippen MR) is 61.3 cm³/mol. The highest BCUT2D eigenvalue weighted by molar-refractivity contribution is 4.70. The summed E-state index contributed by atoms with van der Waals surface area (Å²) in [6.07, 6.45) is 12.0. The largest absolute Gasteiger partial charge is 0.321 e. The fraction of sp³-hybridized carbons (Fsp3) is 1.00. The Morgan fingerprint density at radius 3 is 2.14 bits per heavy atom. The Bertz CT molecular complexity index is 164. The quantitative estimate of drug-likeness (QED) is 0.607. The molecule has 1 saturated heterocycles. The summed E-state index contributed by atoms with van der Waals surface area (Å²) in [7, 11) is 0. The molecule has 2 rings (SSSR count). The minimum Gasteiger partial charge on any atom is -0.321 e. The van der Waals surface area contributed by atoms with Gasteiger partial charge in [-0.1, -0.05) is 13.3 Å². The molecule has 0 N–H and O–H groups in total. The molecule has 1 aliphatic carbocycles. The van der Waals surface area contributed by atoms with Crippen molar-refractivity contribution >= 4 is 0 Å². The summed E-state index contributed by atoms with van der Waals surface area (Å²) >= 11 is 0. The monoisotopic (exact) mass is 196 g/mol. The van der Waals surface area contributed by atoms with Crippen molar-refractivity contribution in [2.75, 3.05) is 19.6 Å². The molecule has 0 aromatic rings. The lowest BCUT2D eigenvalue weighted by Gasteiger charge is -2.43. The maximum Gasteiger partial charge on any atom is 0.0890 e. The molecule has 0 aromatic heterocycles. The molecule has 0 aromatic carbocycles. The molecule has 1 nitrogen and oxygen atoms in total. The van der Waals surface area contributed by atoms with Gasteiger partial charge in [-0.3, -0.25) is 0 Å². The maximum absolute atomic E-state index is 2.36. The van der Waals surface area contributed by atoms with Gasteiger partial charge >= 0.3 is 0 Å². The summed E-state index contributed by atoms with van der Waals surface area (Å²) in [6.45, 7) is 6.82. The second-order valence-electron chi connectivity index (χ2n) is 5.39. The van der Waals surface area contributed by atoms with Crippen molar-refractivity contribution in [3.05, 3.63) is 0 Å². The third kappa shape index (κ3) is 1.98. The Morgan fingerprint density at radius 1 is 0.929 bits per heavy atom. The number of rotatable bonds is 3. The summed E-state index contributed by atoms with van der Waals surface area (Å²) in [6, 6.07) is 1.05. The van der Waals surface area contributed by atoms with Gasteiger partial charge in [0.2, 0.25) is 0 Å². The highest BCUT2D eigenvalue weighted by atomic mass is 15.4. The Morgan fingerprint density at radius 2 is 1.57 bits per heavy atom. The van der Waals surface area contributed by atoms with Crippen LogP contribution in [0.15, 0.2) is 0 Å². The molecule has 14 heavy (non-hydrogen) atoms. The first-order valence-corrected chi connectivity index (χ1v) is 6.73. The van der Waals surface area contributed by atoms with Crippen LogP contribution in [-0.4, -0.2) is 30.2 Å². The molecule has 2 aliphatic rings. The molecule has 0 unspecified atom stereocenters. The molecule has 0 atom stereocenters. The minimum atomic E-state index is 1.05. The summed E-state index contributed by atoms with van der Waals surface area (Å²) in [5.74, 6) is 0. The molecule has 0 bridgehead atoms. The van der Waals surface area contributed by atoms with Crippen molar-refractivity contribution in [3.8, 4) is 0 Å². The molecule has 0 spiro atoms.